The van der Waals surface area contributed by atoms with Gasteiger partial charge in [0.1, 0.15) is 24.4 Å². The average molecular weight is 302 g/mol. The zero-order valence-corrected chi connectivity index (χ0v) is 13.0. The van der Waals surface area contributed by atoms with E-state index in [0.29, 0.717) is 6.61 Å². The van der Waals surface area contributed by atoms with Crippen molar-refractivity contribution in [1.29, 1.82) is 0 Å². The zero-order valence-electron chi connectivity index (χ0n) is 13.0. The molecule has 0 aromatic carbocycles. The maximum absolute atomic E-state index is 9.76. The summed E-state index contributed by atoms with van der Waals surface area (Å²) in [5.41, 5.74) is 0. The van der Waals surface area contributed by atoms with Crippen molar-refractivity contribution in [3.63, 3.8) is 0 Å². The second-order valence-corrected chi connectivity index (χ2v) is 5.59. The summed E-state index contributed by atoms with van der Waals surface area (Å²) in [6.07, 6.45) is 8.38. The van der Waals surface area contributed by atoms with Crippen molar-refractivity contribution in [2.45, 2.75) is 69.9 Å². The first-order chi connectivity index (χ1) is 10.2. The smallest absolute Gasteiger partial charge is 0.115 e. The van der Waals surface area contributed by atoms with Crippen LogP contribution < -0.4 is 0 Å². The molecule has 0 aromatic rings. The first-order valence-electron chi connectivity index (χ1n) is 8.05. The Hall–Kier alpha value is -0.460. The van der Waals surface area contributed by atoms with E-state index >= 15 is 0 Å². The molecule has 5 heteroatoms. The Balaban J connectivity index is 2.15. The van der Waals surface area contributed by atoms with Gasteiger partial charge in [0, 0.05) is 0 Å². The summed E-state index contributed by atoms with van der Waals surface area (Å²) in [6, 6.07) is 0. The molecule has 0 aliphatic carbocycles. The summed E-state index contributed by atoms with van der Waals surface area (Å²) >= 11 is 0. The lowest BCUT2D eigenvalue weighted by atomic mass is 10.1. The number of hydrogen-bond acceptors (Lipinski definition) is 5. The molecule has 0 saturated carbocycles. The highest BCUT2D eigenvalue weighted by molar-refractivity contribution is 4.90. The first kappa shape index (κ1) is 18.6. The summed E-state index contributed by atoms with van der Waals surface area (Å²) in [5.74, 6) is 0. The lowest BCUT2D eigenvalue weighted by molar-refractivity contribution is -0.0879. The first-order valence-corrected chi connectivity index (χ1v) is 8.05. The van der Waals surface area contributed by atoms with Crippen LogP contribution in [0, 0.1) is 0 Å². The third-order valence-corrected chi connectivity index (χ3v) is 3.75. The van der Waals surface area contributed by atoms with Gasteiger partial charge in [-0.2, -0.15) is 0 Å². The van der Waals surface area contributed by atoms with Crippen molar-refractivity contribution in [2.75, 3.05) is 19.8 Å². The maximum Gasteiger partial charge on any atom is 0.115 e. The van der Waals surface area contributed by atoms with Crippen LogP contribution in [0.4, 0.5) is 0 Å². The minimum absolute atomic E-state index is 0.132. The van der Waals surface area contributed by atoms with E-state index in [1.807, 2.05) is 6.08 Å². The number of allylic oxidation sites excluding steroid dienone is 1. The quantitative estimate of drug-likeness (QED) is 0.397. The molecule has 5 nitrogen and oxygen atoms in total. The van der Waals surface area contributed by atoms with Gasteiger partial charge in [0.2, 0.25) is 0 Å². The lowest BCUT2D eigenvalue weighted by Gasteiger charge is -2.23. The number of aliphatic hydroxyl groups is 3. The van der Waals surface area contributed by atoms with Crippen molar-refractivity contribution in [3.8, 4) is 0 Å². The summed E-state index contributed by atoms with van der Waals surface area (Å²) in [6.45, 7) is 2.33. The number of unbranched alkanes of at least 4 members (excludes halogenated alkanes) is 5. The Morgan fingerprint density at radius 3 is 2.71 bits per heavy atom. The van der Waals surface area contributed by atoms with Crippen LogP contribution in [0.5, 0.6) is 0 Å². The van der Waals surface area contributed by atoms with E-state index in [0.717, 1.165) is 6.42 Å². The van der Waals surface area contributed by atoms with E-state index in [9.17, 15) is 10.2 Å². The molecule has 1 aliphatic rings. The predicted molar refractivity (Wildman–Crippen MR) is 81.1 cm³/mol. The molecule has 1 saturated heterocycles. The molecule has 0 bridgehead atoms. The van der Waals surface area contributed by atoms with Crippen LogP contribution in [0.3, 0.4) is 0 Å². The molecule has 0 spiro atoms. The van der Waals surface area contributed by atoms with Crippen LogP contribution >= 0.6 is 0 Å². The van der Waals surface area contributed by atoms with Gasteiger partial charge in [-0.15, -0.1) is 0 Å². The Morgan fingerprint density at radius 1 is 1.24 bits per heavy atom. The fourth-order valence-electron chi connectivity index (χ4n) is 2.48. The van der Waals surface area contributed by atoms with E-state index in [2.05, 4.69) is 13.0 Å². The molecule has 0 aromatic heterocycles. The second kappa shape index (κ2) is 11.2. The highest BCUT2D eigenvalue weighted by atomic mass is 16.6. The molecular formula is C16H30O5. The van der Waals surface area contributed by atoms with Crippen molar-refractivity contribution < 1.29 is 24.8 Å². The fourth-order valence-corrected chi connectivity index (χ4v) is 2.48. The molecule has 0 amide bonds. The number of aliphatic hydroxyl groups excluding tert-OH is 3. The standard InChI is InChI=1S/C16H30O5/c1-2-3-4-5-6-7-8-9-10-20-16-14(19)12-21-15(16)13(18)11-17/h8-9,13-19H,2-7,10-12H2,1H3/b9-8+/t13-,14+,15+,16+/m1/s1. The average Bonchev–Trinajstić information content (AvgIpc) is 2.86. The summed E-state index contributed by atoms with van der Waals surface area (Å²) in [5, 5.41) is 28.3. The van der Waals surface area contributed by atoms with Crippen LogP contribution in [0.15, 0.2) is 12.2 Å². The van der Waals surface area contributed by atoms with Gasteiger partial charge in [-0.25, -0.2) is 0 Å². The van der Waals surface area contributed by atoms with E-state index in [-0.39, 0.29) is 6.61 Å². The van der Waals surface area contributed by atoms with Gasteiger partial charge in [-0.3, -0.25) is 0 Å². The number of ether oxygens (including phenoxy) is 2. The van der Waals surface area contributed by atoms with Crippen molar-refractivity contribution in [2.24, 2.45) is 0 Å². The third kappa shape index (κ3) is 6.89. The van der Waals surface area contributed by atoms with Gasteiger partial charge in [-0.1, -0.05) is 44.8 Å². The van der Waals surface area contributed by atoms with Crippen LogP contribution in [0.2, 0.25) is 0 Å². The molecule has 0 unspecified atom stereocenters. The molecule has 1 heterocycles. The number of hydrogen-bond donors (Lipinski definition) is 3. The Labute approximate surface area is 127 Å². The topological polar surface area (TPSA) is 79.2 Å². The van der Waals surface area contributed by atoms with Crippen LogP contribution in [-0.4, -0.2) is 59.6 Å². The highest BCUT2D eigenvalue weighted by Gasteiger charge is 2.40. The van der Waals surface area contributed by atoms with Crippen LogP contribution in [-0.2, 0) is 9.47 Å². The van der Waals surface area contributed by atoms with E-state index < -0.39 is 31.0 Å². The van der Waals surface area contributed by atoms with Crippen molar-refractivity contribution >= 4 is 0 Å². The molecule has 1 fully saturated rings. The van der Waals surface area contributed by atoms with Gasteiger partial charge in [0.15, 0.2) is 0 Å². The molecule has 1 aliphatic heterocycles. The molecule has 124 valence electrons. The van der Waals surface area contributed by atoms with E-state index in [1.54, 1.807) is 0 Å². The lowest BCUT2D eigenvalue weighted by Crippen LogP contribution is -2.42. The SMILES string of the molecule is CCCCCCC/C=C/CO[C@@H]1[C@H]([C@H](O)CO)OC[C@@H]1O. The van der Waals surface area contributed by atoms with Gasteiger partial charge in [0.05, 0.1) is 19.8 Å². The minimum atomic E-state index is -1.02. The van der Waals surface area contributed by atoms with Gasteiger partial charge >= 0.3 is 0 Å². The predicted octanol–water partition coefficient (Wildman–Crippen LogP) is 1.40. The second-order valence-electron chi connectivity index (χ2n) is 5.59. The molecular weight excluding hydrogens is 272 g/mol. The maximum atomic E-state index is 9.76. The summed E-state index contributed by atoms with van der Waals surface area (Å²) in [7, 11) is 0. The van der Waals surface area contributed by atoms with E-state index in [4.69, 9.17) is 14.6 Å². The Kier molecular flexibility index (Phi) is 9.87. The molecule has 0 radical (unpaired) electrons. The summed E-state index contributed by atoms with van der Waals surface area (Å²) in [4.78, 5) is 0. The fraction of sp³-hybridized carbons (Fsp3) is 0.875. The largest absolute Gasteiger partial charge is 0.394 e. The monoisotopic (exact) mass is 302 g/mol. The van der Waals surface area contributed by atoms with Crippen LogP contribution in [0.25, 0.3) is 0 Å². The number of rotatable bonds is 11. The van der Waals surface area contributed by atoms with Gasteiger partial charge in [0.25, 0.3) is 0 Å². The normalized spacial score (nSPS) is 27.5. The molecule has 3 N–H and O–H groups in total. The molecule has 4 atom stereocenters. The Morgan fingerprint density at radius 2 is 2.00 bits per heavy atom. The third-order valence-electron chi connectivity index (χ3n) is 3.75. The van der Waals surface area contributed by atoms with Crippen molar-refractivity contribution in [1.82, 2.24) is 0 Å². The Bertz CT molecular complexity index is 282. The molecule has 21 heavy (non-hydrogen) atoms. The van der Waals surface area contributed by atoms with Gasteiger partial charge in [-0.05, 0) is 12.8 Å². The highest BCUT2D eigenvalue weighted by Crippen LogP contribution is 2.20. The van der Waals surface area contributed by atoms with Crippen LogP contribution in [0.1, 0.15) is 45.4 Å². The summed E-state index contributed by atoms with van der Waals surface area (Å²) < 4.78 is 10.8. The van der Waals surface area contributed by atoms with Gasteiger partial charge < -0.3 is 24.8 Å². The zero-order chi connectivity index (χ0) is 15.5. The van der Waals surface area contributed by atoms with E-state index in [1.165, 1.54) is 32.1 Å². The van der Waals surface area contributed by atoms with Crippen molar-refractivity contribution in [3.05, 3.63) is 12.2 Å². The molecule has 1 rings (SSSR count). The minimum Gasteiger partial charge on any atom is -0.394 e.